The standard InChI is InChI=1S/C15H20N6O.C2H6/c1-3-17-20-15(22)11-9-18-21-10(2)8-13(19-14(11)21)12-6-4-5-7-16-12;1-2/h4-7,9-10,13,17,19H,3,8H2,1-2H3,(H,20,22);1-2H3. The topological polar surface area (TPSA) is 83.9 Å². The first kappa shape index (κ1) is 17.9. The largest absolute Gasteiger partial charge is 0.361 e. The lowest BCUT2D eigenvalue weighted by Gasteiger charge is -2.30. The molecular formula is C17H26N6O. The monoisotopic (exact) mass is 330 g/mol. The number of amides is 1. The molecule has 1 aliphatic rings. The second-order valence-electron chi connectivity index (χ2n) is 5.37. The summed E-state index contributed by atoms with van der Waals surface area (Å²) in [7, 11) is 0. The Hall–Kier alpha value is -2.41. The fraction of sp³-hybridized carbons (Fsp3) is 0.471. The van der Waals surface area contributed by atoms with Gasteiger partial charge in [-0.05, 0) is 25.5 Å². The Morgan fingerprint density at radius 2 is 2.21 bits per heavy atom. The van der Waals surface area contributed by atoms with Crippen LogP contribution in [0.5, 0.6) is 0 Å². The molecule has 24 heavy (non-hydrogen) atoms. The third kappa shape index (κ3) is 3.73. The number of carbonyl (C=O) groups is 1. The molecule has 0 fully saturated rings. The van der Waals surface area contributed by atoms with Crippen LogP contribution in [0.15, 0.2) is 30.6 Å². The van der Waals surface area contributed by atoms with Crippen molar-refractivity contribution in [2.24, 2.45) is 0 Å². The molecule has 2 aromatic rings. The Morgan fingerprint density at radius 1 is 1.42 bits per heavy atom. The molecule has 3 rings (SSSR count). The minimum Gasteiger partial charge on any atom is -0.361 e. The van der Waals surface area contributed by atoms with Crippen molar-refractivity contribution in [1.82, 2.24) is 25.6 Å². The van der Waals surface area contributed by atoms with E-state index in [4.69, 9.17) is 0 Å². The number of hydrogen-bond donors (Lipinski definition) is 3. The van der Waals surface area contributed by atoms with Crippen LogP contribution >= 0.6 is 0 Å². The van der Waals surface area contributed by atoms with Gasteiger partial charge in [-0.25, -0.2) is 10.1 Å². The molecule has 3 heterocycles. The molecule has 0 radical (unpaired) electrons. The van der Waals surface area contributed by atoms with E-state index in [0.29, 0.717) is 12.1 Å². The van der Waals surface area contributed by atoms with Crippen molar-refractivity contribution < 1.29 is 4.79 Å². The van der Waals surface area contributed by atoms with Crippen molar-refractivity contribution in [3.63, 3.8) is 0 Å². The summed E-state index contributed by atoms with van der Waals surface area (Å²) in [5.41, 5.74) is 6.98. The number of fused-ring (bicyclic) bond motifs is 1. The number of nitrogens with zero attached hydrogens (tertiary/aromatic N) is 3. The van der Waals surface area contributed by atoms with Gasteiger partial charge in [0.2, 0.25) is 0 Å². The summed E-state index contributed by atoms with van der Waals surface area (Å²) in [6, 6.07) is 6.14. The van der Waals surface area contributed by atoms with Crippen LogP contribution in [0.2, 0.25) is 0 Å². The number of carbonyl (C=O) groups excluding carboxylic acids is 1. The van der Waals surface area contributed by atoms with E-state index in [1.54, 1.807) is 12.4 Å². The molecule has 0 spiro atoms. The van der Waals surface area contributed by atoms with E-state index in [9.17, 15) is 4.79 Å². The van der Waals surface area contributed by atoms with E-state index in [-0.39, 0.29) is 18.0 Å². The Morgan fingerprint density at radius 3 is 2.88 bits per heavy atom. The fourth-order valence-electron chi connectivity index (χ4n) is 2.68. The van der Waals surface area contributed by atoms with Crippen molar-refractivity contribution in [2.45, 2.75) is 46.2 Å². The first-order valence-corrected chi connectivity index (χ1v) is 8.49. The van der Waals surface area contributed by atoms with Crippen LogP contribution in [0.1, 0.15) is 62.3 Å². The molecule has 7 nitrogen and oxygen atoms in total. The summed E-state index contributed by atoms with van der Waals surface area (Å²) in [6.45, 7) is 8.68. The molecule has 0 saturated heterocycles. The normalized spacial score (nSPS) is 18.7. The van der Waals surface area contributed by atoms with E-state index in [1.165, 1.54) is 0 Å². The third-order valence-electron chi connectivity index (χ3n) is 3.77. The molecule has 0 aliphatic carbocycles. The zero-order chi connectivity index (χ0) is 17.5. The number of anilines is 1. The lowest BCUT2D eigenvalue weighted by molar-refractivity contribution is 0.0935. The van der Waals surface area contributed by atoms with E-state index in [0.717, 1.165) is 17.9 Å². The predicted octanol–water partition coefficient (Wildman–Crippen LogP) is 2.68. The first-order chi connectivity index (χ1) is 11.7. The van der Waals surface area contributed by atoms with Crippen molar-refractivity contribution in [3.05, 3.63) is 41.9 Å². The van der Waals surface area contributed by atoms with Gasteiger partial charge in [0, 0.05) is 12.7 Å². The van der Waals surface area contributed by atoms with E-state index < -0.39 is 0 Å². The molecule has 2 unspecified atom stereocenters. The molecule has 7 heteroatoms. The number of rotatable bonds is 4. The molecular weight excluding hydrogens is 304 g/mol. The number of nitrogens with one attached hydrogen (secondary N) is 3. The van der Waals surface area contributed by atoms with Crippen molar-refractivity contribution >= 4 is 11.7 Å². The van der Waals surface area contributed by atoms with Crippen LogP contribution in [0.25, 0.3) is 0 Å². The molecule has 0 saturated carbocycles. The number of aromatic nitrogens is 3. The zero-order valence-corrected chi connectivity index (χ0v) is 14.7. The van der Waals surface area contributed by atoms with Crippen molar-refractivity contribution in [3.8, 4) is 0 Å². The van der Waals surface area contributed by atoms with Gasteiger partial charge in [0.05, 0.1) is 24.0 Å². The molecule has 0 aromatic carbocycles. The minimum atomic E-state index is -0.190. The second kappa shape index (κ2) is 8.44. The van der Waals surface area contributed by atoms with Gasteiger partial charge >= 0.3 is 0 Å². The Balaban J connectivity index is 0.00000100. The van der Waals surface area contributed by atoms with Crippen molar-refractivity contribution in [1.29, 1.82) is 0 Å². The van der Waals surface area contributed by atoms with Crippen molar-refractivity contribution in [2.75, 3.05) is 11.9 Å². The Kier molecular flexibility index (Phi) is 6.31. The van der Waals surface area contributed by atoms with E-state index in [2.05, 4.69) is 33.2 Å². The fourth-order valence-corrected chi connectivity index (χ4v) is 2.68. The summed E-state index contributed by atoms with van der Waals surface area (Å²) in [5, 5.41) is 7.74. The van der Waals surface area contributed by atoms with E-state index in [1.807, 2.05) is 43.7 Å². The van der Waals surface area contributed by atoms with Gasteiger partial charge in [0.1, 0.15) is 11.4 Å². The smallest absolute Gasteiger partial charge is 0.270 e. The van der Waals surface area contributed by atoms with Gasteiger partial charge in [0.25, 0.3) is 5.91 Å². The lowest BCUT2D eigenvalue weighted by atomic mass is 10.0. The van der Waals surface area contributed by atoms with Gasteiger partial charge in [0.15, 0.2) is 0 Å². The van der Waals surface area contributed by atoms with Crippen LogP contribution in [0.3, 0.4) is 0 Å². The molecule has 130 valence electrons. The summed E-state index contributed by atoms with van der Waals surface area (Å²) in [4.78, 5) is 16.6. The molecule has 2 atom stereocenters. The minimum absolute atomic E-state index is 0.0751. The SMILES string of the molecule is CC.CCNNC(=O)c1cnn2c1NC(c1ccccn1)CC2C. The summed E-state index contributed by atoms with van der Waals surface area (Å²) >= 11 is 0. The van der Waals surface area contributed by atoms with Crippen LogP contribution < -0.4 is 16.2 Å². The summed E-state index contributed by atoms with van der Waals surface area (Å²) < 4.78 is 1.86. The number of hydrogen-bond acceptors (Lipinski definition) is 5. The van der Waals surface area contributed by atoms with Crippen LogP contribution in [0, 0.1) is 0 Å². The average Bonchev–Trinajstić information content (AvgIpc) is 3.07. The molecule has 2 aromatic heterocycles. The molecule has 0 bridgehead atoms. The van der Waals surface area contributed by atoms with Crippen LogP contribution in [-0.4, -0.2) is 27.2 Å². The highest BCUT2D eigenvalue weighted by molar-refractivity contribution is 5.98. The zero-order valence-electron chi connectivity index (χ0n) is 14.7. The van der Waals surface area contributed by atoms with Gasteiger partial charge in [-0.15, -0.1) is 0 Å². The Labute approximate surface area is 142 Å². The first-order valence-electron chi connectivity index (χ1n) is 8.49. The quantitative estimate of drug-likeness (QED) is 0.751. The number of pyridine rings is 1. The van der Waals surface area contributed by atoms with Gasteiger partial charge in [-0.2, -0.15) is 5.10 Å². The summed E-state index contributed by atoms with van der Waals surface area (Å²) in [6.07, 6.45) is 4.26. The highest BCUT2D eigenvalue weighted by atomic mass is 16.2. The van der Waals surface area contributed by atoms with E-state index >= 15 is 0 Å². The van der Waals surface area contributed by atoms with Gasteiger partial charge in [-0.3, -0.25) is 15.2 Å². The molecule has 1 amide bonds. The van der Waals surface area contributed by atoms with Crippen LogP contribution in [0.4, 0.5) is 5.82 Å². The highest BCUT2D eigenvalue weighted by Gasteiger charge is 2.29. The second-order valence-corrected chi connectivity index (χ2v) is 5.37. The van der Waals surface area contributed by atoms with Gasteiger partial charge < -0.3 is 5.32 Å². The molecule has 1 aliphatic heterocycles. The maximum absolute atomic E-state index is 12.2. The maximum Gasteiger partial charge on any atom is 0.270 e. The third-order valence-corrected chi connectivity index (χ3v) is 3.77. The lowest BCUT2D eigenvalue weighted by Crippen LogP contribution is -2.37. The Bertz CT molecular complexity index is 654. The van der Waals surface area contributed by atoms with Gasteiger partial charge in [-0.1, -0.05) is 26.8 Å². The predicted molar refractivity (Wildman–Crippen MR) is 94.6 cm³/mol. The highest BCUT2D eigenvalue weighted by Crippen LogP contribution is 2.35. The molecule has 3 N–H and O–H groups in total. The number of hydrazine groups is 1. The average molecular weight is 330 g/mol. The van der Waals surface area contributed by atoms with Crippen LogP contribution in [-0.2, 0) is 0 Å². The summed E-state index contributed by atoms with van der Waals surface area (Å²) in [5.74, 6) is 0.550. The maximum atomic E-state index is 12.2.